The second kappa shape index (κ2) is 6.53. The molecule has 6 nitrogen and oxygen atoms in total. The molecule has 0 radical (unpaired) electrons. The van der Waals surface area contributed by atoms with Gasteiger partial charge >= 0.3 is 0 Å². The van der Waals surface area contributed by atoms with Crippen LogP contribution in [0.15, 0.2) is 29.0 Å². The molecule has 0 aliphatic heterocycles. The number of hydrogen-bond acceptors (Lipinski definition) is 6. The minimum absolute atomic E-state index is 0.415. The number of methoxy groups -OCH3 is 3. The summed E-state index contributed by atoms with van der Waals surface area (Å²) < 4.78 is 22.3. The first-order chi connectivity index (χ1) is 10.1. The first-order valence-corrected chi connectivity index (χ1v) is 6.76. The Morgan fingerprint density at radius 2 is 1.57 bits per heavy atom. The van der Waals surface area contributed by atoms with Crippen LogP contribution in [-0.2, 0) is 0 Å². The Bertz CT molecular complexity index is 604. The van der Waals surface area contributed by atoms with Crippen molar-refractivity contribution in [2.24, 2.45) is 0 Å². The minimum atomic E-state index is 0.415. The minimum Gasteiger partial charge on any atom is -0.493 e. The van der Waals surface area contributed by atoms with Gasteiger partial charge in [-0.25, -0.2) is 0 Å². The highest BCUT2D eigenvalue weighted by Crippen LogP contribution is 2.43. The number of rotatable bonds is 5. The molecule has 1 heterocycles. The number of nitrogens with two attached hydrogens (primary N) is 1. The Hall–Kier alpha value is -2.15. The zero-order valence-corrected chi connectivity index (χ0v) is 13.4. The van der Waals surface area contributed by atoms with Gasteiger partial charge < -0.3 is 24.7 Å². The van der Waals surface area contributed by atoms with E-state index in [9.17, 15) is 0 Å². The van der Waals surface area contributed by atoms with E-state index in [1.807, 2.05) is 0 Å². The second-order valence-electron chi connectivity index (χ2n) is 4.00. The molecule has 21 heavy (non-hydrogen) atoms. The zero-order chi connectivity index (χ0) is 15.4. The molecule has 0 unspecified atom stereocenters. The van der Waals surface area contributed by atoms with Crippen LogP contribution >= 0.6 is 15.9 Å². The zero-order valence-electron chi connectivity index (χ0n) is 11.8. The molecule has 2 N–H and O–H groups in total. The van der Waals surface area contributed by atoms with Crippen molar-refractivity contribution in [1.29, 1.82) is 0 Å². The van der Waals surface area contributed by atoms with Crippen molar-refractivity contribution in [3.8, 4) is 28.7 Å². The molecule has 0 fully saturated rings. The number of pyridine rings is 1. The SMILES string of the molecule is COc1cc(Oc2c(N)cncc2Br)cc(OC)c1OC. The summed E-state index contributed by atoms with van der Waals surface area (Å²) in [6.45, 7) is 0. The highest BCUT2D eigenvalue weighted by molar-refractivity contribution is 9.10. The Balaban J connectivity index is 2.45. The number of ether oxygens (including phenoxy) is 4. The van der Waals surface area contributed by atoms with E-state index < -0.39 is 0 Å². The molecule has 0 saturated carbocycles. The Kier molecular flexibility index (Phi) is 4.74. The topological polar surface area (TPSA) is 75.8 Å². The fourth-order valence-electron chi connectivity index (χ4n) is 1.78. The van der Waals surface area contributed by atoms with Crippen molar-refractivity contribution < 1.29 is 18.9 Å². The van der Waals surface area contributed by atoms with Crippen LogP contribution in [0, 0.1) is 0 Å². The predicted octanol–water partition coefficient (Wildman–Crippen LogP) is 3.24. The lowest BCUT2D eigenvalue weighted by Gasteiger charge is -2.15. The third-order valence-corrected chi connectivity index (χ3v) is 3.30. The van der Waals surface area contributed by atoms with Gasteiger partial charge in [0.05, 0.1) is 37.7 Å². The summed E-state index contributed by atoms with van der Waals surface area (Å²) in [6, 6.07) is 3.38. The molecule has 7 heteroatoms. The molecule has 0 bridgehead atoms. The summed E-state index contributed by atoms with van der Waals surface area (Å²) in [5.41, 5.74) is 6.28. The summed E-state index contributed by atoms with van der Waals surface area (Å²) in [5, 5.41) is 0. The van der Waals surface area contributed by atoms with Gasteiger partial charge in [0.25, 0.3) is 0 Å². The monoisotopic (exact) mass is 354 g/mol. The Morgan fingerprint density at radius 3 is 2.05 bits per heavy atom. The maximum Gasteiger partial charge on any atom is 0.203 e. The van der Waals surface area contributed by atoms with E-state index in [-0.39, 0.29) is 0 Å². The van der Waals surface area contributed by atoms with Crippen LogP contribution in [0.2, 0.25) is 0 Å². The van der Waals surface area contributed by atoms with E-state index in [4.69, 9.17) is 24.7 Å². The highest BCUT2D eigenvalue weighted by atomic mass is 79.9. The van der Waals surface area contributed by atoms with Crippen LogP contribution in [0.1, 0.15) is 0 Å². The molecule has 0 atom stereocenters. The molecule has 112 valence electrons. The van der Waals surface area contributed by atoms with Crippen molar-refractivity contribution in [2.75, 3.05) is 27.1 Å². The van der Waals surface area contributed by atoms with Gasteiger partial charge in [0.1, 0.15) is 5.75 Å². The molecule has 1 aromatic carbocycles. The van der Waals surface area contributed by atoms with E-state index in [1.165, 1.54) is 20.4 Å². The molecule has 0 saturated heterocycles. The number of halogens is 1. The van der Waals surface area contributed by atoms with E-state index in [0.717, 1.165) is 0 Å². The maximum absolute atomic E-state index is 5.86. The first kappa shape index (κ1) is 15.2. The summed E-state index contributed by atoms with van der Waals surface area (Å²) in [4.78, 5) is 3.96. The molecule has 0 aliphatic carbocycles. The van der Waals surface area contributed by atoms with Crippen LogP contribution in [0.3, 0.4) is 0 Å². The molecular formula is C14H15BrN2O4. The van der Waals surface area contributed by atoms with Crippen LogP contribution in [0.25, 0.3) is 0 Å². The van der Waals surface area contributed by atoms with Gasteiger partial charge in [0.15, 0.2) is 17.2 Å². The van der Waals surface area contributed by atoms with Crippen molar-refractivity contribution in [1.82, 2.24) is 4.98 Å². The number of nitrogens with zero attached hydrogens (tertiary/aromatic N) is 1. The standard InChI is InChI=1S/C14H15BrN2O4/c1-18-11-4-8(5-12(19-2)14(11)20-3)21-13-9(15)6-17-7-10(13)16/h4-7H,16H2,1-3H3. The van der Waals surface area contributed by atoms with Crippen molar-refractivity contribution in [3.05, 3.63) is 29.0 Å². The fourth-order valence-corrected chi connectivity index (χ4v) is 2.21. The number of hydrogen-bond donors (Lipinski definition) is 1. The van der Waals surface area contributed by atoms with Crippen LogP contribution < -0.4 is 24.7 Å². The van der Waals surface area contributed by atoms with Crippen LogP contribution in [0.4, 0.5) is 5.69 Å². The average Bonchev–Trinajstić information content (AvgIpc) is 2.49. The smallest absolute Gasteiger partial charge is 0.203 e. The lowest BCUT2D eigenvalue weighted by Crippen LogP contribution is -1.98. The predicted molar refractivity (Wildman–Crippen MR) is 82.5 cm³/mol. The number of benzene rings is 1. The van der Waals surface area contributed by atoms with Crippen molar-refractivity contribution in [2.45, 2.75) is 0 Å². The van der Waals surface area contributed by atoms with Gasteiger partial charge in [0, 0.05) is 18.3 Å². The second-order valence-corrected chi connectivity index (χ2v) is 4.86. The van der Waals surface area contributed by atoms with Crippen molar-refractivity contribution >= 4 is 21.6 Å². The van der Waals surface area contributed by atoms with Gasteiger partial charge in [-0.3, -0.25) is 4.98 Å². The Morgan fingerprint density at radius 1 is 0.952 bits per heavy atom. The number of nitrogen functional groups attached to an aromatic ring is 1. The van der Waals surface area contributed by atoms with Gasteiger partial charge in [-0.1, -0.05) is 0 Å². The largest absolute Gasteiger partial charge is 0.493 e. The lowest BCUT2D eigenvalue weighted by molar-refractivity contribution is 0.321. The highest BCUT2D eigenvalue weighted by Gasteiger charge is 2.16. The fraction of sp³-hybridized carbons (Fsp3) is 0.214. The van der Waals surface area contributed by atoms with E-state index >= 15 is 0 Å². The molecular weight excluding hydrogens is 340 g/mol. The van der Waals surface area contributed by atoms with Gasteiger partial charge in [-0.2, -0.15) is 0 Å². The third-order valence-electron chi connectivity index (χ3n) is 2.74. The molecule has 1 aromatic heterocycles. The van der Waals surface area contributed by atoms with E-state index in [2.05, 4.69) is 20.9 Å². The summed E-state index contributed by atoms with van der Waals surface area (Å²) in [5.74, 6) is 2.46. The summed E-state index contributed by atoms with van der Waals surface area (Å²) >= 11 is 3.35. The first-order valence-electron chi connectivity index (χ1n) is 5.97. The third kappa shape index (κ3) is 3.13. The summed E-state index contributed by atoms with van der Waals surface area (Å²) in [7, 11) is 4.62. The molecule has 0 aliphatic rings. The molecule has 2 rings (SSSR count). The van der Waals surface area contributed by atoms with Gasteiger partial charge in [-0.05, 0) is 15.9 Å². The van der Waals surface area contributed by atoms with E-state index in [0.29, 0.717) is 38.9 Å². The van der Waals surface area contributed by atoms with Crippen LogP contribution in [-0.4, -0.2) is 26.3 Å². The summed E-state index contributed by atoms with van der Waals surface area (Å²) in [6.07, 6.45) is 3.11. The quantitative estimate of drug-likeness (QED) is 0.887. The number of aromatic nitrogens is 1. The molecule has 2 aromatic rings. The van der Waals surface area contributed by atoms with Gasteiger partial charge in [-0.15, -0.1) is 0 Å². The van der Waals surface area contributed by atoms with Crippen molar-refractivity contribution in [3.63, 3.8) is 0 Å². The number of anilines is 1. The molecule has 0 spiro atoms. The average molecular weight is 355 g/mol. The van der Waals surface area contributed by atoms with E-state index in [1.54, 1.807) is 25.4 Å². The van der Waals surface area contributed by atoms with Crippen LogP contribution in [0.5, 0.6) is 28.7 Å². The Labute approximate surface area is 130 Å². The lowest BCUT2D eigenvalue weighted by atomic mass is 10.2. The van der Waals surface area contributed by atoms with Gasteiger partial charge in [0.2, 0.25) is 5.75 Å². The normalized spacial score (nSPS) is 10.1. The maximum atomic E-state index is 5.86. The molecule has 0 amide bonds.